The maximum atomic E-state index is 4.30. The molecule has 2 aliphatic heterocycles. The van der Waals surface area contributed by atoms with E-state index in [1.807, 2.05) is 43.7 Å². The fourth-order valence-corrected chi connectivity index (χ4v) is 6.35. The SMILES string of the molecule is CN1C=C[N-]C1c1[c-]cccc1.CN1[CH-]N(c2[c-]cc(-c3ccc4c5ccccc5n(C(C)(C)C)c4c3)cc2)c2ccccc21.[Ir]. The fourth-order valence-electron chi connectivity index (χ4n) is 6.35. The van der Waals surface area contributed by atoms with Crippen molar-refractivity contribution in [3.05, 3.63) is 151 Å². The summed E-state index contributed by atoms with van der Waals surface area (Å²) in [4.78, 5) is 6.40. The molecule has 1 aromatic heterocycles. The van der Waals surface area contributed by atoms with Crippen molar-refractivity contribution in [3.8, 4) is 11.1 Å². The summed E-state index contributed by atoms with van der Waals surface area (Å²) >= 11 is 0. The summed E-state index contributed by atoms with van der Waals surface area (Å²) in [5, 5.41) is 6.91. The molecule has 0 aliphatic carbocycles. The molecule has 0 saturated carbocycles. The molecule has 0 bridgehead atoms. The third-order valence-corrected chi connectivity index (χ3v) is 8.47. The molecule has 1 radical (unpaired) electrons. The first-order valence-electron chi connectivity index (χ1n) is 15.4. The van der Waals surface area contributed by atoms with Crippen molar-refractivity contribution < 1.29 is 20.1 Å². The van der Waals surface area contributed by atoms with Crippen LogP contribution in [0.15, 0.2) is 122 Å². The van der Waals surface area contributed by atoms with E-state index in [-0.39, 0.29) is 31.8 Å². The van der Waals surface area contributed by atoms with Gasteiger partial charge in [-0.1, -0.05) is 48.0 Å². The topological polar surface area (TPSA) is 28.8 Å². The second-order valence-corrected chi connectivity index (χ2v) is 12.6. The molecular formula is C40H37IrN5-4. The molecule has 6 aromatic rings. The van der Waals surface area contributed by atoms with Crippen LogP contribution in [-0.4, -0.2) is 23.6 Å². The van der Waals surface area contributed by atoms with Crippen LogP contribution < -0.4 is 9.80 Å². The zero-order valence-electron chi connectivity index (χ0n) is 26.8. The summed E-state index contributed by atoms with van der Waals surface area (Å²) < 4.78 is 2.46. The minimum absolute atomic E-state index is 0. The predicted octanol–water partition coefficient (Wildman–Crippen LogP) is 10.00. The van der Waals surface area contributed by atoms with Crippen LogP contribution in [0.4, 0.5) is 17.1 Å². The first-order chi connectivity index (χ1) is 21.8. The van der Waals surface area contributed by atoms with Gasteiger partial charge in [-0.25, -0.2) is 0 Å². The van der Waals surface area contributed by atoms with Gasteiger partial charge in [0.05, 0.1) is 0 Å². The van der Waals surface area contributed by atoms with Gasteiger partial charge in [0.15, 0.2) is 0 Å². The van der Waals surface area contributed by atoms with Crippen LogP contribution in [-0.2, 0) is 25.6 Å². The smallest absolute Gasteiger partial charge is 0.0496 e. The molecule has 5 aromatic carbocycles. The second kappa shape index (κ2) is 12.7. The molecule has 8 rings (SSSR count). The Morgan fingerprint density at radius 1 is 0.739 bits per heavy atom. The standard InChI is InChI=1S/C30H27N3.C10H10N2.Ir/c1-30(2,3)33-26-10-6-5-9-24(26)25-18-15-22(19-29(25)33)21-13-16-23(17-14-21)32-20-31(4)27-11-7-8-12-28(27)32;1-12-8-7-11-10(12)9-5-3-2-4-6-9;/h5-16,18-20H,1-4H3;2-5,7-8,10H,1H3;/q2*-2;. The first-order valence-corrected chi connectivity index (χ1v) is 15.4. The summed E-state index contributed by atoms with van der Waals surface area (Å²) in [6.45, 7) is 8.94. The third-order valence-electron chi connectivity index (χ3n) is 8.47. The Hall–Kier alpha value is -4.51. The Morgan fingerprint density at radius 2 is 1.46 bits per heavy atom. The van der Waals surface area contributed by atoms with Crippen LogP contribution in [0.5, 0.6) is 0 Å². The van der Waals surface area contributed by atoms with E-state index in [1.165, 1.54) is 44.3 Å². The Bertz CT molecular complexity index is 1990. The number of nitrogens with zero attached hydrogens (tertiary/aromatic N) is 5. The van der Waals surface area contributed by atoms with Gasteiger partial charge in [0.25, 0.3) is 0 Å². The fraction of sp³-hybridized carbons (Fsp3) is 0.175. The van der Waals surface area contributed by atoms with E-state index in [0.29, 0.717) is 0 Å². The Morgan fingerprint density at radius 3 is 2.15 bits per heavy atom. The molecule has 235 valence electrons. The molecule has 46 heavy (non-hydrogen) atoms. The second-order valence-electron chi connectivity index (χ2n) is 12.6. The monoisotopic (exact) mass is 780 g/mol. The minimum atomic E-state index is -0.0129. The molecule has 6 heteroatoms. The maximum absolute atomic E-state index is 4.30. The van der Waals surface area contributed by atoms with E-state index in [0.717, 1.165) is 11.3 Å². The van der Waals surface area contributed by atoms with Crippen molar-refractivity contribution in [2.45, 2.75) is 32.5 Å². The van der Waals surface area contributed by atoms with Gasteiger partial charge in [-0.3, -0.25) is 0 Å². The van der Waals surface area contributed by atoms with Gasteiger partial charge in [0.1, 0.15) is 0 Å². The summed E-state index contributed by atoms with van der Waals surface area (Å²) in [5.41, 5.74) is 9.47. The first kappa shape index (κ1) is 31.5. The van der Waals surface area contributed by atoms with Gasteiger partial charge < -0.3 is 24.6 Å². The number of hydrogen-bond acceptors (Lipinski definition) is 3. The van der Waals surface area contributed by atoms with E-state index in [9.17, 15) is 0 Å². The molecule has 0 amide bonds. The Labute approximate surface area is 286 Å². The Balaban J connectivity index is 0.000000241. The zero-order chi connectivity index (χ0) is 31.1. The van der Waals surface area contributed by atoms with Crippen molar-refractivity contribution >= 4 is 38.9 Å². The summed E-state index contributed by atoms with van der Waals surface area (Å²) in [6.07, 6.45) is 3.92. The molecule has 3 heterocycles. The molecule has 1 atom stereocenters. The molecule has 0 saturated heterocycles. The molecule has 0 fully saturated rings. The van der Waals surface area contributed by atoms with Crippen molar-refractivity contribution in [1.29, 1.82) is 0 Å². The minimum Gasteiger partial charge on any atom is -0.668 e. The van der Waals surface area contributed by atoms with Gasteiger partial charge in [-0.2, -0.15) is 67.0 Å². The summed E-state index contributed by atoms with van der Waals surface area (Å²) in [7, 11) is 4.09. The number of benzene rings is 5. The van der Waals surface area contributed by atoms with Crippen molar-refractivity contribution in [2.24, 2.45) is 0 Å². The number of fused-ring (bicyclic) bond motifs is 4. The molecule has 0 N–H and O–H groups in total. The molecule has 2 aliphatic rings. The van der Waals surface area contributed by atoms with Crippen molar-refractivity contribution in [3.63, 3.8) is 0 Å². The van der Waals surface area contributed by atoms with E-state index >= 15 is 0 Å². The number of aromatic nitrogens is 1. The van der Waals surface area contributed by atoms with Crippen molar-refractivity contribution in [2.75, 3.05) is 23.9 Å². The largest absolute Gasteiger partial charge is 0.668 e. The van der Waals surface area contributed by atoms with Crippen molar-refractivity contribution in [1.82, 2.24) is 9.47 Å². The van der Waals surface area contributed by atoms with Gasteiger partial charge in [0, 0.05) is 65.9 Å². The van der Waals surface area contributed by atoms with E-state index in [2.05, 4.69) is 156 Å². The van der Waals surface area contributed by atoms with Crippen LogP contribution in [0.25, 0.3) is 38.2 Å². The number of rotatable bonds is 3. The van der Waals surface area contributed by atoms with E-state index in [4.69, 9.17) is 0 Å². The van der Waals surface area contributed by atoms with Crippen LogP contribution in [0.1, 0.15) is 32.5 Å². The molecule has 5 nitrogen and oxygen atoms in total. The quantitative estimate of drug-likeness (QED) is 0.168. The summed E-state index contributed by atoms with van der Waals surface area (Å²) in [6, 6.07) is 45.1. The molecule has 1 unspecified atom stereocenters. The van der Waals surface area contributed by atoms with Gasteiger partial charge in [-0.05, 0) is 64.5 Å². The van der Waals surface area contributed by atoms with Gasteiger partial charge >= 0.3 is 0 Å². The molecular weight excluding hydrogens is 743 g/mol. The normalized spacial score (nSPS) is 15.4. The predicted molar refractivity (Wildman–Crippen MR) is 188 cm³/mol. The maximum Gasteiger partial charge on any atom is 0.0496 e. The zero-order valence-corrected chi connectivity index (χ0v) is 29.2. The van der Waals surface area contributed by atoms with Crippen LogP contribution >= 0.6 is 0 Å². The van der Waals surface area contributed by atoms with Gasteiger partial charge in [-0.15, -0.1) is 17.3 Å². The van der Waals surface area contributed by atoms with E-state index in [1.54, 1.807) is 0 Å². The number of para-hydroxylation sites is 3. The average Bonchev–Trinajstić information content (AvgIpc) is 3.74. The number of anilines is 3. The number of hydrogen-bond donors (Lipinski definition) is 0. The average molecular weight is 780 g/mol. The van der Waals surface area contributed by atoms with E-state index < -0.39 is 0 Å². The molecule has 0 spiro atoms. The van der Waals surface area contributed by atoms with Gasteiger partial charge in [0.2, 0.25) is 0 Å². The summed E-state index contributed by atoms with van der Waals surface area (Å²) in [5.74, 6) is 0. The van der Waals surface area contributed by atoms with Crippen LogP contribution in [0.2, 0.25) is 0 Å². The van der Waals surface area contributed by atoms with Crippen LogP contribution in [0, 0.1) is 18.8 Å². The third kappa shape index (κ3) is 5.79. The Kier molecular flexibility index (Phi) is 8.69. The van der Waals surface area contributed by atoms with Crippen LogP contribution in [0.3, 0.4) is 0 Å².